The Labute approximate surface area is 173 Å². The van der Waals surface area contributed by atoms with Crippen LogP contribution in [0, 0.1) is 0 Å². The van der Waals surface area contributed by atoms with Gasteiger partial charge in [-0.15, -0.1) is 0 Å². The van der Waals surface area contributed by atoms with Gasteiger partial charge in [-0.2, -0.15) is 0 Å². The monoisotopic (exact) mass is 414 g/mol. The number of hydrogen-bond acceptors (Lipinski definition) is 6. The highest BCUT2D eigenvalue weighted by atomic mass is 28.3. The number of ether oxygens (including phenoxy) is 3. The molecule has 28 heavy (non-hydrogen) atoms. The summed E-state index contributed by atoms with van der Waals surface area (Å²) in [6.45, 7) is 17.5. The SMILES string of the molecule is CN1C(C=COCC[Si](C)(C)C)COC1(C)C.CN1[C@H](CC=O)COC1(C)C. The lowest BCUT2D eigenvalue weighted by Gasteiger charge is -2.28. The van der Waals surface area contributed by atoms with Crippen LogP contribution in [0.15, 0.2) is 12.3 Å². The lowest BCUT2D eigenvalue weighted by Crippen LogP contribution is -2.40. The van der Waals surface area contributed by atoms with Crippen LogP contribution in [0.25, 0.3) is 0 Å². The third kappa shape index (κ3) is 7.95. The fraction of sp³-hybridized carbons (Fsp3) is 0.857. The molecule has 7 heteroatoms. The largest absolute Gasteiger partial charge is 0.502 e. The van der Waals surface area contributed by atoms with E-state index in [2.05, 4.69) is 56.4 Å². The fourth-order valence-corrected chi connectivity index (χ4v) is 3.69. The highest BCUT2D eigenvalue weighted by Crippen LogP contribution is 2.26. The average molecular weight is 415 g/mol. The van der Waals surface area contributed by atoms with Gasteiger partial charge in [0.05, 0.1) is 32.1 Å². The molecule has 2 rings (SSSR count). The van der Waals surface area contributed by atoms with E-state index in [1.807, 2.05) is 27.2 Å². The van der Waals surface area contributed by atoms with Crippen LogP contribution in [0.4, 0.5) is 0 Å². The molecular weight excluding hydrogens is 372 g/mol. The van der Waals surface area contributed by atoms with Crippen LogP contribution in [0.2, 0.25) is 25.7 Å². The van der Waals surface area contributed by atoms with Crippen molar-refractivity contribution in [3.8, 4) is 0 Å². The zero-order valence-corrected chi connectivity index (χ0v) is 20.4. The molecule has 0 amide bonds. The summed E-state index contributed by atoms with van der Waals surface area (Å²) >= 11 is 0. The lowest BCUT2D eigenvalue weighted by molar-refractivity contribution is -0.108. The van der Waals surface area contributed by atoms with E-state index in [1.54, 1.807) is 0 Å². The van der Waals surface area contributed by atoms with E-state index in [0.29, 0.717) is 19.1 Å². The van der Waals surface area contributed by atoms with Crippen molar-refractivity contribution in [3.63, 3.8) is 0 Å². The molecular formula is C21H42N2O4Si. The molecule has 164 valence electrons. The third-order valence-electron chi connectivity index (χ3n) is 5.72. The zero-order chi connectivity index (χ0) is 21.6. The zero-order valence-electron chi connectivity index (χ0n) is 19.4. The standard InChI is InChI=1S/C13H27NO2Si.C8H15NO2/c1-13(2)14(3)12(11-16-13)7-8-15-9-10-17(4,5)6;1-8(2)9(3)7(4-5-10)6-11-8/h7-8,12H,9-11H2,1-6H3;5,7H,4,6H2,1-3H3/t;7-/m.1/s1. The summed E-state index contributed by atoms with van der Waals surface area (Å²) in [5.74, 6) is 0. The molecule has 2 aliphatic heterocycles. The van der Waals surface area contributed by atoms with E-state index in [0.717, 1.165) is 19.5 Å². The van der Waals surface area contributed by atoms with E-state index in [-0.39, 0.29) is 17.5 Å². The number of rotatable bonds is 7. The number of nitrogens with zero attached hydrogens (tertiary/aromatic N) is 2. The van der Waals surface area contributed by atoms with Crippen molar-refractivity contribution in [1.29, 1.82) is 0 Å². The average Bonchev–Trinajstić information content (AvgIpc) is 2.98. The van der Waals surface area contributed by atoms with Crippen molar-refractivity contribution in [3.05, 3.63) is 12.3 Å². The first-order chi connectivity index (χ1) is 12.8. The number of carbonyl (C=O) groups is 1. The van der Waals surface area contributed by atoms with Gasteiger partial charge in [0, 0.05) is 20.5 Å². The van der Waals surface area contributed by atoms with Gasteiger partial charge in [-0.1, -0.05) is 19.6 Å². The van der Waals surface area contributed by atoms with Crippen LogP contribution in [0.5, 0.6) is 0 Å². The summed E-state index contributed by atoms with van der Waals surface area (Å²) in [5.41, 5.74) is -0.360. The number of carbonyl (C=O) groups excluding carboxylic acids is 1. The Morgan fingerprint density at radius 3 is 2.04 bits per heavy atom. The Morgan fingerprint density at radius 1 is 1.04 bits per heavy atom. The minimum Gasteiger partial charge on any atom is -0.502 e. The number of likely N-dealkylation sites (N-methyl/N-ethyl adjacent to an activating group) is 2. The molecule has 0 bridgehead atoms. The summed E-state index contributed by atoms with van der Waals surface area (Å²) in [6.07, 6.45) is 5.46. The molecule has 0 aromatic heterocycles. The molecule has 0 aromatic carbocycles. The highest BCUT2D eigenvalue weighted by molar-refractivity contribution is 6.76. The molecule has 0 saturated carbocycles. The topological polar surface area (TPSA) is 51.2 Å². The van der Waals surface area contributed by atoms with Gasteiger partial charge in [0.25, 0.3) is 0 Å². The van der Waals surface area contributed by atoms with Gasteiger partial charge in [0.1, 0.15) is 17.7 Å². The fourth-order valence-electron chi connectivity index (χ4n) is 2.96. The molecule has 1 unspecified atom stereocenters. The first-order valence-electron chi connectivity index (χ1n) is 10.3. The first kappa shape index (κ1) is 25.3. The maximum atomic E-state index is 10.2. The van der Waals surface area contributed by atoms with Crippen LogP contribution in [-0.2, 0) is 19.0 Å². The Kier molecular flexibility index (Phi) is 9.35. The van der Waals surface area contributed by atoms with Crippen molar-refractivity contribution < 1.29 is 19.0 Å². The maximum Gasteiger partial charge on any atom is 0.121 e. The van der Waals surface area contributed by atoms with Gasteiger partial charge in [0.15, 0.2) is 0 Å². The Balaban J connectivity index is 0.000000307. The predicted octanol–water partition coefficient (Wildman–Crippen LogP) is 3.56. The van der Waals surface area contributed by atoms with Crippen molar-refractivity contribution in [2.75, 3.05) is 33.9 Å². The maximum absolute atomic E-state index is 10.2. The van der Waals surface area contributed by atoms with E-state index < -0.39 is 8.07 Å². The van der Waals surface area contributed by atoms with E-state index in [1.165, 1.54) is 6.04 Å². The van der Waals surface area contributed by atoms with Crippen molar-refractivity contribution in [2.24, 2.45) is 0 Å². The van der Waals surface area contributed by atoms with E-state index in [9.17, 15) is 4.79 Å². The summed E-state index contributed by atoms with van der Waals surface area (Å²) in [6, 6.07) is 1.80. The predicted molar refractivity (Wildman–Crippen MR) is 117 cm³/mol. The van der Waals surface area contributed by atoms with Gasteiger partial charge >= 0.3 is 0 Å². The number of aldehydes is 1. The molecule has 0 radical (unpaired) electrons. The van der Waals surface area contributed by atoms with Crippen LogP contribution in [-0.4, -0.2) is 81.6 Å². The van der Waals surface area contributed by atoms with Gasteiger partial charge in [-0.05, 0) is 53.9 Å². The Hall–Kier alpha value is -0.733. The molecule has 0 aromatic rings. The minimum absolute atomic E-state index is 0.159. The molecule has 2 saturated heterocycles. The van der Waals surface area contributed by atoms with Crippen molar-refractivity contribution >= 4 is 14.4 Å². The second kappa shape index (κ2) is 10.3. The van der Waals surface area contributed by atoms with E-state index in [4.69, 9.17) is 14.2 Å². The molecule has 2 atom stereocenters. The molecule has 0 N–H and O–H groups in total. The molecule has 0 spiro atoms. The van der Waals surface area contributed by atoms with Gasteiger partial charge in [-0.3, -0.25) is 9.80 Å². The summed E-state index contributed by atoms with van der Waals surface area (Å²) < 4.78 is 16.7. The van der Waals surface area contributed by atoms with Crippen LogP contribution < -0.4 is 0 Å². The Morgan fingerprint density at radius 2 is 1.61 bits per heavy atom. The van der Waals surface area contributed by atoms with Gasteiger partial charge < -0.3 is 19.0 Å². The summed E-state index contributed by atoms with van der Waals surface area (Å²) in [5, 5.41) is 0. The van der Waals surface area contributed by atoms with Gasteiger partial charge in [0.2, 0.25) is 0 Å². The molecule has 2 aliphatic rings. The molecule has 6 nitrogen and oxygen atoms in total. The van der Waals surface area contributed by atoms with Crippen LogP contribution >= 0.6 is 0 Å². The summed E-state index contributed by atoms with van der Waals surface area (Å²) in [4.78, 5) is 14.6. The number of hydrogen-bond donors (Lipinski definition) is 0. The quantitative estimate of drug-likeness (QED) is 0.275. The molecule has 0 aliphatic carbocycles. The second-order valence-electron chi connectivity index (χ2n) is 9.87. The lowest BCUT2D eigenvalue weighted by atomic mass is 10.2. The molecule has 2 fully saturated rings. The van der Waals surface area contributed by atoms with E-state index >= 15 is 0 Å². The van der Waals surface area contributed by atoms with Crippen LogP contribution in [0.1, 0.15) is 34.1 Å². The first-order valence-corrected chi connectivity index (χ1v) is 14.0. The molecule has 2 heterocycles. The third-order valence-corrected chi connectivity index (χ3v) is 7.42. The normalized spacial score (nSPS) is 27.6. The van der Waals surface area contributed by atoms with Crippen molar-refractivity contribution in [2.45, 2.75) is 83.3 Å². The smallest absolute Gasteiger partial charge is 0.121 e. The second-order valence-corrected chi connectivity index (χ2v) is 15.5. The minimum atomic E-state index is -0.969. The highest BCUT2D eigenvalue weighted by Gasteiger charge is 2.37. The summed E-state index contributed by atoms with van der Waals surface area (Å²) in [7, 11) is 3.11. The van der Waals surface area contributed by atoms with Crippen molar-refractivity contribution in [1.82, 2.24) is 9.80 Å². The van der Waals surface area contributed by atoms with Gasteiger partial charge in [-0.25, -0.2) is 0 Å². The van der Waals surface area contributed by atoms with Crippen LogP contribution in [0.3, 0.4) is 0 Å². The Bertz CT molecular complexity index is 517.